The van der Waals surface area contributed by atoms with Crippen LogP contribution in [0.2, 0.25) is 0 Å². The zero-order valence-corrected chi connectivity index (χ0v) is 12.0. The van der Waals surface area contributed by atoms with Crippen LogP contribution in [0, 0.1) is 0 Å². The highest BCUT2D eigenvalue weighted by Gasteiger charge is 2.16. The van der Waals surface area contributed by atoms with E-state index in [1.807, 2.05) is 36.4 Å². The Morgan fingerprint density at radius 3 is 2.68 bits per heavy atom. The summed E-state index contributed by atoms with van der Waals surface area (Å²) in [6.07, 6.45) is 0. The molecule has 5 heteroatoms. The lowest BCUT2D eigenvalue weighted by molar-refractivity contribution is -0.139. The van der Waals surface area contributed by atoms with Gasteiger partial charge in [-0.3, -0.25) is 0 Å². The molecular weight excluding hydrogens is 310 g/mol. The number of hydrogen-bond acceptors (Lipinski definition) is 3. The zero-order valence-electron chi connectivity index (χ0n) is 10.4. The average Bonchev–Trinajstić information content (AvgIpc) is 2.38. The van der Waals surface area contributed by atoms with Gasteiger partial charge in [-0.05, 0) is 35.0 Å². The lowest BCUT2D eigenvalue weighted by Crippen LogP contribution is -2.33. The molecule has 2 N–H and O–H groups in total. The van der Waals surface area contributed by atoms with E-state index in [1.165, 1.54) is 7.11 Å². The predicted octanol–water partition coefficient (Wildman–Crippen LogP) is 3.11. The van der Waals surface area contributed by atoms with Crippen molar-refractivity contribution < 1.29 is 14.6 Å². The van der Waals surface area contributed by atoms with Crippen molar-refractivity contribution in [1.82, 2.24) is 0 Å². The molecule has 0 spiro atoms. The lowest BCUT2D eigenvalue weighted by Gasteiger charge is -2.15. The fourth-order valence-electron chi connectivity index (χ4n) is 1.85. The van der Waals surface area contributed by atoms with Crippen molar-refractivity contribution in [1.29, 1.82) is 0 Å². The van der Waals surface area contributed by atoms with Gasteiger partial charge in [-0.1, -0.05) is 28.1 Å². The van der Waals surface area contributed by atoms with Crippen LogP contribution in [0.4, 0.5) is 5.69 Å². The van der Waals surface area contributed by atoms with Gasteiger partial charge in [0.2, 0.25) is 0 Å². The van der Waals surface area contributed by atoms with Crippen LogP contribution in [-0.2, 0) is 9.53 Å². The molecule has 2 aromatic carbocycles. The monoisotopic (exact) mass is 323 g/mol. The molecule has 0 amide bonds. The Kier molecular flexibility index (Phi) is 4.39. The summed E-state index contributed by atoms with van der Waals surface area (Å²) >= 11 is 3.42. The molecular formula is C14H14BrNO3. The molecule has 100 valence electrons. The van der Waals surface area contributed by atoms with Crippen molar-refractivity contribution >= 4 is 38.4 Å². The van der Waals surface area contributed by atoms with Crippen LogP contribution in [0.1, 0.15) is 0 Å². The van der Waals surface area contributed by atoms with Crippen molar-refractivity contribution in [3.8, 4) is 0 Å². The Bertz CT molecular complexity index is 600. The first-order valence-electron chi connectivity index (χ1n) is 5.78. The molecule has 1 unspecified atom stereocenters. The lowest BCUT2D eigenvalue weighted by atomic mass is 10.1. The van der Waals surface area contributed by atoms with Crippen LogP contribution in [0.15, 0.2) is 40.9 Å². The third kappa shape index (κ3) is 3.45. The minimum absolute atomic E-state index is 0.119. The highest BCUT2D eigenvalue weighted by Crippen LogP contribution is 2.23. The first-order chi connectivity index (χ1) is 9.10. The average molecular weight is 324 g/mol. The molecule has 19 heavy (non-hydrogen) atoms. The van der Waals surface area contributed by atoms with Crippen molar-refractivity contribution in [3.05, 3.63) is 40.9 Å². The van der Waals surface area contributed by atoms with Crippen molar-refractivity contribution in [2.45, 2.75) is 6.04 Å². The van der Waals surface area contributed by atoms with Gasteiger partial charge in [0, 0.05) is 17.3 Å². The van der Waals surface area contributed by atoms with Gasteiger partial charge in [0.15, 0.2) is 0 Å². The number of carboxylic acids is 1. The Hall–Kier alpha value is -1.59. The fraction of sp³-hybridized carbons (Fsp3) is 0.214. The molecule has 2 rings (SSSR count). The molecule has 0 fully saturated rings. The van der Waals surface area contributed by atoms with Gasteiger partial charge in [-0.25, -0.2) is 4.79 Å². The van der Waals surface area contributed by atoms with Gasteiger partial charge in [-0.15, -0.1) is 0 Å². The molecule has 0 radical (unpaired) electrons. The van der Waals surface area contributed by atoms with E-state index in [9.17, 15) is 4.79 Å². The van der Waals surface area contributed by atoms with E-state index >= 15 is 0 Å². The van der Waals surface area contributed by atoms with E-state index in [4.69, 9.17) is 9.84 Å². The quantitative estimate of drug-likeness (QED) is 0.887. The minimum atomic E-state index is -0.933. The van der Waals surface area contributed by atoms with Gasteiger partial charge in [0.05, 0.1) is 6.61 Å². The van der Waals surface area contributed by atoms with Crippen LogP contribution in [0.25, 0.3) is 10.8 Å². The van der Waals surface area contributed by atoms with Crippen LogP contribution >= 0.6 is 15.9 Å². The third-order valence-electron chi connectivity index (χ3n) is 2.77. The molecule has 0 heterocycles. The number of aliphatic carboxylic acids is 1. The molecule has 0 saturated heterocycles. The molecule has 1 atom stereocenters. The van der Waals surface area contributed by atoms with Crippen molar-refractivity contribution in [3.63, 3.8) is 0 Å². The normalized spacial score (nSPS) is 12.3. The number of carbonyl (C=O) groups is 1. The Morgan fingerprint density at radius 2 is 2.00 bits per heavy atom. The number of ether oxygens (including phenoxy) is 1. The molecule has 0 aliphatic heterocycles. The van der Waals surface area contributed by atoms with Crippen LogP contribution in [-0.4, -0.2) is 30.8 Å². The number of methoxy groups -OCH3 is 1. The Morgan fingerprint density at radius 1 is 1.32 bits per heavy atom. The molecule has 0 aromatic heterocycles. The minimum Gasteiger partial charge on any atom is -0.480 e. The number of rotatable bonds is 5. The standard InChI is InChI=1S/C14H14BrNO3/c1-19-8-13(14(17)18)16-12-5-3-9-6-11(15)4-2-10(9)7-12/h2-7,13,16H,8H2,1H3,(H,17,18). The second-order valence-electron chi connectivity index (χ2n) is 4.20. The molecule has 0 aliphatic carbocycles. The maximum atomic E-state index is 11.1. The highest BCUT2D eigenvalue weighted by molar-refractivity contribution is 9.10. The highest BCUT2D eigenvalue weighted by atomic mass is 79.9. The number of fused-ring (bicyclic) bond motifs is 1. The molecule has 2 aromatic rings. The maximum Gasteiger partial charge on any atom is 0.328 e. The predicted molar refractivity (Wildman–Crippen MR) is 78.6 cm³/mol. The first-order valence-corrected chi connectivity index (χ1v) is 6.57. The molecule has 4 nitrogen and oxygen atoms in total. The number of anilines is 1. The van der Waals surface area contributed by atoms with E-state index < -0.39 is 12.0 Å². The fourth-order valence-corrected chi connectivity index (χ4v) is 2.23. The summed E-state index contributed by atoms with van der Waals surface area (Å²) in [4.78, 5) is 11.1. The van der Waals surface area contributed by atoms with E-state index in [0.717, 1.165) is 20.9 Å². The largest absolute Gasteiger partial charge is 0.480 e. The van der Waals surface area contributed by atoms with Crippen LogP contribution in [0.5, 0.6) is 0 Å². The summed E-state index contributed by atoms with van der Waals surface area (Å²) in [5.41, 5.74) is 0.763. The van der Waals surface area contributed by atoms with E-state index in [1.54, 1.807) is 0 Å². The molecule has 0 bridgehead atoms. The summed E-state index contributed by atoms with van der Waals surface area (Å²) in [6.45, 7) is 0.119. The molecule has 0 aliphatic rings. The third-order valence-corrected chi connectivity index (χ3v) is 3.27. The second kappa shape index (κ2) is 6.04. The van der Waals surface area contributed by atoms with Crippen LogP contribution < -0.4 is 5.32 Å². The summed E-state index contributed by atoms with van der Waals surface area (Å²) < 4.78 is 5.91. The zero-order chi connectivity index (χ0) is 13.8. The summed E-state index contributed by atoms with van der Waals surface area (Å²) in [5, 5.41) is 14.2. The van der Waals surface area contributed by atoms with Crippen LogP contribution in [0.3, 0.4) is 0 Å². The summed E-state index contributed by atoms with van der Waals surface area (Å²) in [7, 11) is 1.48. The number of carboxylic acid groups (broad SMARTS) is 1. The maximum absolute atomic E-state index is 11.1. The number of benzene rings is 2. The van der Waals surface area contributed by atoms with E-state index in [-0.39, 0.29) is 6.61 Å². The van der Waals surface area contributed by atoms with Gasteiger partial charge < -0.3 is 15.2 Å². The van der Waals surface area contributed by atoms with E-state index in [2.05, 4.69) is 21.2 Å². The van der Waals surface area contributed by atoms with Crippen molar-refractivity contribution in [2.24, 2.45) is 0 Å². The van der Waals surface area contributed by atoms with Gasteiger partial charge >= 0.3 is 5.97 Å². The van der Waals surface area contributed by atoms with Gasteiger partial charge in [0.1, 0.15) is 6.04 Å². The number of hydrogen-bond donors (Lipinski definition) is 2. The summed E-state index contributed by atoms with van der Waals surface area (Å²) in [5.74, 6) is -0.933. The SMILES string of the molecule is COCC(Nc1ccc2cc(Br)ccc2c1)C(=O)O. The van der Waals surface area contributed by atoms with Gasteiger partial charge in [-0.2, -0.15) is 0 Å². The smallest absolute Gasteiger partial charge is 0.328 e. The Labute approximate surface area is 119 Å². The number of halogens is 1. The van der Waals surface area contributed by atoms with Crippen molar-refractivity contribution in [2.75, 3.05) is 19.0 Å². The Balaban J connectivity index is 2.25. The van der Waals surface area contributed by atoms with Gasteiger partial charge in [0.25, 0.3) is 0 Å². The summed E-state index contributed by atoms with van der Waals surface area (Å²) in [6, 6.07) is 10.9. The first kappa shape index (κ1) is 13.8. The van der Waals surface area contributed by atoms with E-state index in [0.29, 0.717) is 0 Å². The number of nitrogens with one attached hydrogen (secondary N) is 1. The second-order valence-corrected chi connectivity index (χ2v) is 5.11. The molecule has 0 saturated carbocycles. The topological polar surface area (TPSA) is 58.6 Å².